The molecular weight excluding hydrogens is 278 g/mol. The Morgan fingerprint density at radius 2 is 1.65 bits per heavy atom. The Kier molecular flexibility index (Phi) is 5.10. The van der Waals surface area contributed by atoms with Crippen LogP contribution in [0.25, 0.3) is 0 Å². The summed E-state index contributed by atoms with van der Waals surface area (Å²) in [4.78, 5) is 11.4. The van der Waals surface area contributed by atoms with Gasteiger partial charge in [0.05, 0.1) is 6.54 Å². The summed E-state index contributed by atoms with van der Waals surface area (Å²) >= 11 is 0. The van der Waals surface area contributed by atoms with Crippen LogP contribution in [0.15, 0.2) is 6.07 Å². The van der Waals surface area contributed by atoms with Gasteiger partial charge in [-0.15, -0.1) is 0 Å². The minimum absolute atomic E-state index is 0.0699. The summed E-state index contributed by atoms with van der Waals surface area (Å²) in [7, 11) is 0. The molecule has 0 aromatic heterocycles. The van der Waals surface area contributed by atoms with Crippen molar-refractivity contribution in [3.05, 3.63) is 29.3 Å². The van der Waals surface area contributed by atoms with E-state index in [9.17, 15) is 22.4 Å². The predicted molar refractivity (Wildman–Crippen MR) is 64.5 cm³/mol. The molecule has 0 spiro atoms. The van der Waals surface area contributed by atoms with Gasteiger partial charge in [0.1, 0.15) is 6.61 Å². The molecule has 1 aromatic carbocycles. The van der Waals surface area contributed by atoms with Gasteiger partial charge >= 0.3 is 0 Å². The van der Waals surface area contributed by atoms with Crippen LogP contribution in [-0.4, -0.2) is 24.5 Å². The fourth-order valence-electron chi connectivity index (χ4n) is 1.25. The molecule has 3 nitrogen and oxygen atoms in total. The van der Waals surface area contributed by atoms with Crippen LogP contribution in [0.1, 0.15) is 20.8 Å². The van der Waals surface area contributed by atoms with Crippen molar-refractivity contribution in [1.29, 1.82) is 0 Å². The van der Waals surface area contributed by atoms with Gasteiger partial charge in [-0.05, 0) is 20.8 Å². The molecule has 112 valence electrons. The van der Waals surface area contributed by atoms with Crippen LogP contribution in [0.4, 0.5) is 17.6 Å². The van der Waals surface area contributed by atoms with Crippen molar-refractivity contribution < 1.29 is 27.1 Å². The molecule has 0 saturated carbocycles. The molecular formula is C13H15F4NO2. The van der Waals surface area contributed by atoms with Crippen molar-refractivity contribution in [2.45, 2.75) is 26.3 Å². The van der Waals surface area contributed by atoms with Gasteiger partial charge in [0.2, 0.25) is 11.6 Å². The van der Waals surface area contributed by atoms with Crippen LogP contribution in [0.5, 0.6) is 5.75 Å². The van der Waals surface area contributed by atoms with E-state index in [1.54, 1.807) is 0 Å². The van der Waals surface area contributed by atoms with Gasteiger partial charge in [-0.2, -0.15) is 8.78 Å². The van der Waals surface area contributed by atoms with E-state index in [-0.39, 0.29) is 18.2 Å². The lowest BCUT2D eigenvalue weighted by atomic mass is 10.1. The van der Waals surface area contributed by atoms with Crippen LogP contribution in [0, 0.1) is 23.3 Å². The van der Waals surface area contributed by atoms with Crippen LogP contribution in [0.2, 0.25) is 0 Å². The second kappa shape index (κ2) is 6.21. The van der Waals surface area contributed by atoms with Gasteiger partial charge in [-0.1, -0.05) is 0 Å². The highest BCUT2D eigenvalue weighted by Crippen LogP contribution is 2.26. The van der Waals surface area contributed by atoms with Crippen molar-refractivity contribution >= 4 is 5.78 Å². The Morgan fingerprint density at radius 1 is 1.15 bits per heavy atom. The molecule has 20 heavy (non-hydrogen) atoms. The lowest BCUT2D eigenvalue weighted by Gasteiger charge is -2.19. The topological polar surface area (TPSA) is 38.3 Å². The smallest absolute Gasteiger partial charge is 0.203 e. The average Bonchev–Trinajstić information content (AvgIpc) is 2.33. The first-order valence-corrected chi connectivity index (χ1v) is 5.84. The van der Waals surface area contributed by atoms with Gasteiger partial charge in [0.15, 0.2) is 23.2 Å². The standard InChI is InChI=1S/C13H15F4NO2/c1-13(2,3)18-5-7(19)6-20-12-10(16)8(14)4-9(15)11(12)17/h4,18H,5-6H2,1-3H3. The molecule has 0 bridgehead atoms. The van der Waals surface area contributed by atoms with E-state index in [1.807, 2.05) is 20.8 Å². The molecule has 0 unspecified atom stereocenters. The summed E-state index contributed by atoms with van der Waals surface area (Å²) in [5, 5.41) is 2.84. The molecule has 0 aliphatic heterocycles. The number of Topliss-reactive ketones (excluding diaryl/α,β-unsaturated/α-hetero) is 1. The molecule has 0 aliphatic rings. The number of nitrogens with one attached hydrogen (secondary N) is 1. The van der Waals surface area contributed by atoms with E-state index < -0.39 is 41.4 Å². The molecule has 0 radical (unpaired) electrons. The van der Waals surface area contributed by atoms with Gasteiger partial charge < -0.3 is 10.1 Å². The average molecular weight is 293 g/mol. The number of ketones is 1. The van der Waals surface area contributed by atoms with Crippen molar-refractivity contribution in [1.82, 2.24) is 5.32 Å². The van der Waals surface area contributed by atoms with Crippen LogP contribution >= 0.6 is 0 Å². The molecule has 0 amide bonds. The first-order valence-electron chi connectivity index (χ1n) is 5.84. The summed E-state index contributed by atoms with van der Waals surface area (Å²) in [6.45, 7) is 4.68. The summed E-state index contributed by atoms with van der Waals surface area (Å²) in [5.74, 6) is -8.24. The number of carbonyl (C=O) groups is 1. The van der Waals surface area contributed by atoms with E-state index in [0.29, 0.717) is 0 Å². The molecule has 1 rings (SSSR count). The highest BCUT2D eigenvalue weighted by Gasteiger charge is 2.21. The number of hydrogen-bond acceptors (Lipinski definition) is 3. The zero-order chi connectivity index (χ0) is 15.5. The zero-order valence-electron chi connectivity index (χ0n) is 11.3. The third-order valence-corrected chi connectivity index (χ3v) is 2.26. The fraction of sp³-hybridized carbons (Fsp3) is 0.462. The van der Waals surface area contributed by atoms with E-state index in [2.05, 4.69) is 10.1 Å². The highest BCUT2D eigenvalue weighted by atomic mass is 19.2. The Labute approximate surface area is 113 Å². The second-order valence-corrected chi connectivity index (χ2v) is 5.23. The van der Waals surface area contributed by atoms with Gasteiger partial charge in [-0.25, -0.2) is 8.78 Å². The van der Waals surface area contributed by atoms with Crippen LogP contribution in [-0.2, 0) is 4.79 Å². The van der Waals surface area contributed by atoms with Gasteiger partial charge in [-0.3, -0.25) is 4.79 Å². The molecule has 7 heteroatoms. The largest absolute Gasteiger partial charge is 0.479 e. The second-order valence-electron chi connectivity index (χ2n) is 5.23. The number of ether oxygens (including phenoxy) is 1. The molecule has 1 N–H and O–H groups in total. The number of benzene rings is 1. The van der Waals surface area contributed by atoms with Gasteiger partial charge in [0, 0.05) is 11.6 Å². The summed E-state index contributed by atoms with van der Waals surface area (Å²) in [6.07, 6.45) is 0. The van der Waals surface area contributed by atoms with E-state index in [0.717, 1.165) is 0 Å². The summed E-state index contributed by atoms with van der Waals surface area (Å²) in [6, 6.07) is 0.0699. The van der Waals surface area contributed by atoms with E-state index in [1.165, 1.54) is 0 Å². The Bertz CT molecular complexity index is 486. The maximum Gasteiger partial charge on any atom is 0.203 e. The van der Waals surface area contributed by atoms with Crippen molar-refractivity contribution in [2.24, 2.45) is 0 Å². The molecule has 0 atom stereocenters. The molecule has 0 aliphatic carbocycles. The fourth-order valence-corrected chi connectivity index (χ4v) is 1.25. The summed E-state index contributed by atoms with van der Waals surface area (Å²) in [5.41, 5.74) is -0.322. The number of halogens is 4. The minimum Gasteiger partial charge on any atom is -0.479 e. The monoisotopic (exact) mass is 293 g/mol. The maximum atomic E-state index is 13.2. The summed E-state index contributed by atoms with van der Waals surface area (Å²) < 4.78 is 56.8. The van der Waals surface area contributed by atoms with Crippen molar-refractivity contribution in [3.63, 3.8) is 0 Å². The first-order chi connectivity index (χ1) is 9.11. The molecule has 0 fully saturated rings. The molecule has 0 heterocycles. The Morgan fingerprint density at radius 3 is 2.10 bits per heavy atom. The minimum atomic E-state index is -1.67. The number of rotatable bonds is 5. The van der Waals surface area contributed by atoms with Crippen molar-refractivity contribution in [3.8, 4) is 5.75 Å². The normalized spacial score (nSPS) is 11.6. The first kappa shape index (κ1) is 16.4. The molecule has 1 aromatic rings. The van der Waals surface area contributed by atoms with Crippen LogP contribution in [0.3, 0.4) is 0 Å². The Balaban J connectivity index is 2.69. The van der Waals surface area contributed by atoms with E-state index >= 15 is 0 Å². The van der Waals surface area contributed by atoms with E-state index in [4.69, 9.17) is 0 Å². The number of hydrogen-bond donors (Lipinski definition) is 1. The van der Waals surface area contributed by atoms with Crippen molar-refractivity contribution in [2.75, 3.05) is 13.2 Å². The lowest BCUT2D eigenvalue weighted by molar-refractivity contribution is -0.120. The molecule has 0 saturated heterocycles. The SMILES string of the molecule is CC(C)(C)NCC(=O)COc1c(F)c(F)cc(F)c1F. The number of carbonyl (C=O) groups excluding carboxylic acids is 1. The predicted octanol–water partition coefficient (Wildman–Crippen LogP) is 2.58. The zero-order valence-corrected chi connectivity index (χ0v) is 11.3. The van der Waals surface area contributed by atoms with Crippen LogP contribution < -0.4 is 10.1 Å². The Hall–Kier alpha value is -1.63. The highest BCUT2D eigenvalue weighted by molar-refractivity contribution is 5.82. The third-order valence-electron chi connectivity index (χ3n) is 2.26. The lowest BCUT2D eigenvalue weighted by Crippen LogP contribution is -2.40. The third kappa shape index (κ3) is 4.48. The quantitative estimate of drug-likeness (QED) is 0.670. The maximum absolute atomic E-state index is 13.2. The van der Waals surface area contributed by atoms with Gasteiger partial charge in [0.25, 0.3) is 0 Å².